The molecular weight excluding hydrogens is 326 g/mol. The molecular formula is C12H21N5O5S. The number of amidine groups is 1. The van der Waals surface area contributed by atoms with E-state index < -0.39 is 28.5 Å². The Balaban J connectivity index is 1.65. The molecule has 4 atom stereocenters. The fourth-order valence-electron chi connectivity index (χ4n) is 3.60. The van der Waals surface area contributed by atoms with Crippen molar-refractivity contribution in [3.63, 3.8) is 0 Å². The highest BCUT2D eigenvalue weighted by Crippen LogP contribution is 2.31. The first-order chi connectivity index (χ1) is 10.7. The molecule has 5 N–H and O–H groups in total. The second-order valence-corrected chi connectivity index (χ2v) is 7.34. The van der Waals surface area contributed by atoms with Crippen molar-refractivity contribution in [2.45, 2.75) is 56.3 Å². The van der Waals surface area contributed by atoms with Gasteiger partial charge in [0.25, 0.3) is 0 Å². The summed E-state index contributed by atoms with van der Waals surface area (Å²) in [5, 5.41) is 12.0. The van der Waals surface area contributed by atoms with Crippen LogP contribution in [0.2, 0.25) is 0 Å². The second-order valence-electron chi connectivity index (χ2n) is 6.34. The number of nitrogens with two attached hydrogens (primary N) is 1. The summed E-state index contributed by atoms with van der Waals surface area (Å²) in [5.74, 6) is 0.240. The van der Waals surface area contributed by atoms with Gasteiger partial charge >= 0.3 is 16.4 Å². The van der Waals surface area contributed by atoms with Gasteiger partial charge in [-0.15, -0.1) is 4.28 Å². The van der Waals surface area contributed by atoms with E-state index in [2.05, 4.69) is 9.60 Å². The van der Waals surface area contributed by atoms with Crippen LogP contribution >= 0.6 is 0 Å². The lowest BCUT2D eigenvalue weighted by molar-refractivity contribution is -0.0316. The third-order valence-corrected chi connectivity index (χ3v) is 5.01. The maximum atomic E-state index is 12.3. The van der Waals surface area contributed by atoms with Crippen LogP contribution in [0.5, 0.6) is 0 Å². The molecule has 23 heavy (non-hydrogen) atoms. The summed E-state index contributed by atoms with van der Waals surface area (Å²) in [6, 6.07) is -1.25. The lowest BCUT2D eigenvalue weighted by Gasteiger charge is -2.32. The van der Waals surface area contributed by atoms with Crippen LogP contribution < -0.4 is 11.1 Å². The van der Waals surface area contributed by atoms with Gasteiger partial charge in [-0.25, -0.2) is 4.79 Å². The summed E-state index contributed by atoms with van der Waals surface area (Å²) in [6.45, 7) is 0.271. The van der Waals surface area contributed by atoms with Crippen molar-refractivity contribution >= 4 is 22.3 Å². The molecule has 0 spiro atoms. The molecule has 0 aromatic carbocycles. The quantitative estimate of drug-likeness (QED) is 0.302. The fourth-order valence-corrected chi connectivity index (χ4v) is 3.98. The molecule has 2 heterocycles. The van der Waals surface area contributed by atoms with E-state index in [1.165, 1.54) is 4.90 Å². The number of carbonyl (C=O) groups is 1. The van der Waals surface area contributed by atoms with Crippen LogP contribution in [-0.2, 0) is 14.7 Å². The van der Waals surface area contributed by atoms with Crippen LogP contribution in [-0.4, -0.2) is 65.5 Å². The third-order valence-electron chi connectivity index (χ3n) is 4.66. The Morgan fingerprint density at radius 3 is 2.70 bits per heavy atom. The highest BCUT2D eigenvalue weighted by atomic mass is 32.3. The Kier molecular flexibility index (Phi) is 4.21. The van der Waals surface area contributed by atoms with E-state index in [1.54, 1.807) is 0 Å². The van der Waals surface area contributed by atoms with Gasteiger partial charge < -0.3 is 16.0 Å². The molecule has 0 aromatic heterocycles. The van der Waals surface area contributed by atoms with Gasteiger partial charge in [-0.2, -0.15) is 13.5 Å². The van der Waals surface area contributed by atoms with Crippen LogP contribution in [0.15, 0.2) is 0 Å². The Labute approximate surface area is 134 Å². The smallest absolute Gasteiger partial charge is 0.369 e. The average molecular weight is 347 g/mol. The second kappa shape index (κ2) is 5.89. The molecule has 2 saturated heterocycles. The Morgan fingerprint density at radius 2 is 2.09 bits per heavy atom. The molecule has 2 bridgehead atoms. The molecule has 11 heteroatoms. The molecule has 3 aliphatic rings. The minimum Gasteiger partial charge on any atom is -0.369 e. The van der Waals surface area contributed by atoms with Crippen LogP contribution in [0, 0.1) is 5.41 Å². The Morgan fingerprint density at radius 1 is 1.35 bits per heavy atom. The molecule has 0 aromatic rings. The Bertz CT molecular complexity index is 611. The number of nitrogens with one attached hydrogen (secondary N) is 2. The average Bonchev–Trinajstić information content (AvgIpc) is 2.95. The SMILES string of the molecule is N=C(NC1CCC(N)C1)[C@@H]1CC[C@@H]2CN1C(=O)N2OS(=O)(=O)O. The number of fused-ring (bicyclic) bond motifs is 2. The predicted molar refractivity (Wildman–Crippen MR) is 79.9 cm³/mol. The zero-order valence-electron chi connectivity index (χ0n) is 12.5. The van der Waals surface area contributed by atoms with E-state index in [9.17, 15) is 13.2 Å². The van der Waals surface area contributed by atoms with Gasteiger partial charge in [0.15, 0.2) is 0 Å². The molecule has 3 fully saturated rings. The van der Waals surface area contributed by atoms with Gasteiger partial charge in [-0.05, 0) is 32.1 Å². The van der Waals surface area contributed by atoms with Gasteiger partial charge in [0, 0.05) is 18.6 Å². The minimum absolute atomic E-state index is 0.137. The van der Waals surface area contributed by atoms with Crippen molar-refractivity contribution in [3.8, 4) is 0 Å². The number of hydrogen-bond donors (Lipinski definition) is 4. The molecule has 10 nitrogen and oxygen atoms in total. The number of nitrogens with zero attached hydrogens (tertiary/aromatic N) is 2. The summed E-state index contributed by atoms with van der Waals surface area (Å²) in [5.41, 5.74) is 5.86. The van der Waals surface area contributed by atoms with Gasteiger partial charge in [0.1, 0.15) is 5.84 Å². The van der Waals surface area contributed by atoms with Crippen molar-refractivity contribution in [2.24, 2.45) is 5.73 Å². The number of amides is 2. The summed E-state index contributed by atoms with van der Waals surface area (Å²) < 4.78 is 34.8. The Hall–Kier alpha value is -1.43. The summed E-state index contributed by atoms with van der Waals surface area (Å²) in [6.07, 6.45) is 3.63. The normalized spacial score (nSPS) is 34.1. The van der Waals surface area contributed by atoms with Crippen LogP contribution in [0.3, 0.4) is 0 Å². The summed E-state index contributed by atoms with van der Waals surface area (Å²) in [4.78, 5) is 13.7. The molecule has 130 valence electrons. The first-order valence-electron chi connectivity index (χ1n) is 7.62. The lowest BCUT2D eigenvalue weighted by atomic mass is 9.99. The first kappa shape index (κ1) is 16.4. The molecule has 0 radical (unpaired) electrons. The van der Waals surface area contributed by atoms with Crippen LogP contribution in [0.25, 0.3) is 0 Å². The fraction of sp³-hybridized carbons (Fsp3) is 0.833. The third kappa shape index (κ3) is 3.42. The van der Waals surface area contributed by atoms with Gasteiger partial charge in [-0.1, -0.05) is 0 Å². The lowest BCUT2D eigenvalue weighted by Crippen LogP contribution is -2.51. The van der Waals surface area contributed by atoms with E-state index in [0.717, 1.165) is 19.3 Å². The number of hydroxylamine groups is 2. The molecule has 2 unspecified atom stereocenters. The predicted octanol–water partition coefficient (Wildman–Crippen LogP) is -0.564. The highest BCUT2D eigenvalue weighted by Gasteiger charge is 2.48. The number of rotatable bonds is 4. The zero-order chi connectivity index (χ0) is 16.8. The van der Waals surface area contributed by atoms with E-state index >= 15 is 0 Å². The summed E-state index contributed by atoms with van der Waals surface area (Å²) >= 11 is 0. The number of urea groups is 1. The largest absolute Gasteiger partial charge is 0.418 e. The van der Waals surface area contributed by atoms with Crippen LogP contribution in [0.1, 0.15) is 32.1 Å². The van der Waals surface area contributed by atoms with Crippen molar-refractivity contribution < 1.29 is 22.0 Å². The molecule has 1 saturated carbocycles. The summed E-state index contributed by atoms with van der Waals surface area (Å²) in [7, 11) is -4.75. The van der Waals surface area contributed by atoms with Crippen LogP contribution in [0.4, 0.5) is 4.79 Å². The molecule has 2 aliphatic heterocycles. The van der Waals surface area contributed by atoms with Gasteiger partial charge in [-0.3, -0.25) is 9.96 Å². The highest BCUT2D eigenvalue weighted by molar-refractivity contribution is 7.80. The maximum Gasteiger partial charge on any atom is 0.418 e. The first-order valence-corrected chi connectivity index (χ1v) is 8.98. The van der Waals surface area contributed by atoms with Gasteiger partial charge in [0.05, 0.1) is 12.1 Å². The maximum absolute atomic E-state index is 12.3. The van der Waals surface area contributed by atoms with Crippen molar-refractivity contribution in [3.05, 3.63) is 0 Å². The van der Waals surface area contributed by atoms with Crippen molar-refractivity contribution in [1.82, 2.24) is 15.3 Å². The van der Waals surface area contributed by atoms with Crippen molar-refractivity contribution in [1.29, 1.82) is 5.41 Å². The standard InChI is InChI=1S/C12H21N5O5S/c13-7-1-2-8(5-7)15-11(14)10-4-3-9-6-16(10)12(18)17(9)22-23(19,20)21/h7-10H,1-6,13H2,(H2,14,15)(H,19,20,21)/t7?,8?,9-,10+/m1/s1. The number of carbonyl (C=O) groups excluding carboxylic acids is 1. The molecule has 2 amide bonds. The topological polar surface area (TPSA) is 149 Å². The van der Waals surface area contributed by atoms with E-state index in [1.807, 2.05) is 0 Å². The molecule has 3 rings (SSSR count). The van der Waals surface area contributed by atoms with E-state index in [0.29, 0.717) is 17.9 Å². The molecule has 1 aliphatic carbocycles. The van der Waals surface area contributed by atoms with E-state index in [4.69, 9.17) is 15.7 Å². The zero-order valence-corrected chi connectivity index (χ0v) is 13.3. The van der Waals surface area contributed by atoms with Crippen molar-refractivity contribution in [2.75, 3.05) is 6.54 Å². The van der Waals surface area contributed by atoms with Gasteiger partial charge in [0.2, 0.25) is 0 Å². The van der Waals surface area contributed by atoms with E-state index in [-0.39, 0.29) is 24.5 Å². The number of hydrogen-bond acceptors (Lipinski definition) is 6. The number of piperidine rings is 1. The minimum atomic E-state index is -4.75. The monoisotopic (exact) mass is 347 g/mol.